The number of fused-ring (bicyclic) bond motifs is 1. The number of benzene rings is 2. The first kappa shape index (κ1) is 30.4. The molecule has 0 radical (unpaired) electrons. The Kier molecular flexibility index (Phi) is 12.0. The van der Waals surface area contributed by atoms with E-state index in [0.717, 1.165) is 30.4 Å². The Labute approximate surface area is 231 Å². The van der Waals surface area contributed by atoms with Crippen LogP contribution in [-0.2, 0) is 22.4 Å². The van der Waals surface area contributed by atoms with Gasteiger partial charge in [-0.05, 0) is 69.0 Å². The van der Waals surface area contributed by atoms with E-state index in [1.165, 1.54) is 6.07 Å². The topological polar surface area (TPSA) is 103 Å². The molecular weight excluding hydrogens is 499 g/mol. The van der Waals surface area contributed by atoms with E-state index in [1.807, 2.05) is 17.9 Å². The van der Waals surface area contributed by atoms with Crippen molar-refractivity contribution in [2.75, 3.05) is 38.1 Å². The molecule has 2 amide bonds. The predicted molar refractivity (Wildman–Crippen MR) is 152 cm³/mol. The van der Waals surface area contributed by atoms with Crippen molar-refractivity contribution in [3.05, 3.63) is 53.3 Å². The van der Waals surface area contributed by atoms with Crippen molar-refractivity contribution in [3.8, 4) is 11.5 Å². The first-order valence-corrected chi connectivity index (χ1v) is 14.0. The van der Waals surface area contributed by atoms with Crippen LogP contribution in [0.4, 0.5) is 10.1 Å². The Hall–Kier alpha value is -3.17. The fourth-order valence-electron chi connectivity index (χ4n) is 4.86. The highest BCUT2D eigenvalue weighted by atomic mass is 19.1. The lowest BCUT2D eigenvalue weighted by molar-refractivity contribution is -0.133. The number of nitrogens with one attached hydrogen (secondary N) is 3. The molecular formula is C30H43FN4O4. The first-order valence-electron chi connectivity index (χ1n) is 14.0. The van der Waals surface area contributed by atoms with Crippen LogP contribution in [0.1, 0.15) is 57.6 Å². The predicted octanol–water partition coefficient (Wildman–Crippen LogP) is 4.01. The maximum Gasteiger partial charge on any atom is 0.262 e. The molecule has 0 saturated carbocycles. The SMILES string of the molecule is CCCCC(C)N(CCNCCc1ccc(O)c2c1OCC(=O)N2)C(=O)CCNC(C)Cc1cccc(F)c1. The van der Waals surface area contributed by atoms with Crippen LogP contribution >= 0.6 is 0 Å². The fourth-order valence-corrected chi connectivity index (χ4v) is 4.86. The van der Waals surface area contributed by atoms with Crippen LogP contribution < -0.4 is 20.7 Å². The van der Waals surface area contributed by atoms with Crippen LogP contribution in [-0.4, -0.2) is 66.7 Å². The van der Waals surface area contributed by atoms with Gasteiger partial charge in [0, 0.05) is 38.1 Å². The molecule has 0 saturated heterocycles. The van der Waals surface area contributed by atoms with Crippen molar-refractivity contribution in [1.29, 1.82) is 0 Å². The molecule has 0 fully saturated rings. The third-order valence-electron chi connectivity index (χ3n) is 7.02. The number of phenols is 1. The lowest BCUT2D eigenvalue weighted by atomic mass is 10.1. The summed E-state index contributed by atoms with van der Waals surface area (Å²) in [5, 5.41) is 19.5. The Balaban J connectivity index is 1.45. The van der Waals surface area contributed by atoms with E-state index in [1.54, 1.807) is 24.3 Å². The van der Waals surface area contributed by atoms with Crippen LogP contribution in [0.15, 0.2) is 36.4 Å². The smallest absolute Gasteiger partial charge is 0.262 e. The molecule has 0 spiro atoms. The number of phenolic OH excluding ortho intramolecular Hbond substituents is 1. The second-order valence-electron chi connectivity index (χ2n) is 10.3. The quantitative estimate of drug-likeness (QED) is 0.189. The lowest BCUT2D eigenvalue weighted by Gasteiger charge is -2.30. The highest BCUT2D eigenvalue weighted by molar-refractivity contribution is 5.97. The van der Waals surface area contributed by atoms with E-state index in [2.05, 4.69) is 29.8 Å². The summed E-state index contributed by atoms with van der Waals surface area (Å²) < 4.78 is 19.0. The Morgan fingerprint density at radius 1 is 1.21 bits per heavy atom. The maximum absolute atomic E-state index is 13.5. The molecule has 39 heavy (non-hydrogen) atoms. The van der Waals surface area contributed by atoms with Crippen LogP contribution in [0.3, 0.4) is 0 Å². The van der Waals surface area contributed by atoms with Gasteiger partial charge >= 0.3 is 0 Å². The van der Waals surface area contributed by atoms with Crippen LogP contribution in [0.5, 0.6) is 11.5 Å². The minimum atomic E-state index is -0.286. The first-order chi connectivity index (χ1) is 18.8. The van der Waals surface area contributed by atoms with Gasteiger partial charge in [-0.2, -0.15) is 0 Å². The summed E-state index contributed by atoms with van der Waals surface area (Å²) >= 11 is 0. The minimum Gasteiger partial charge on any atom is -0.506 e. The van der Waals surface area contributed by atoms with E-state index in [-0.39, 0.29) is 42.1 Å². The monoisotopic (exact) mass is 542 g/mol. The summed E-state index contributed by atoms with van der Waals surface area (Å²) in [6, 6.07) is 10.3. The van der Waals surface area contributed by atoms with E-state index < -0.39 is 0 Å². The standard InChI is InChI=1S/C30H43FN4O4/c1-4-5-7-22(3)35(28(38)13-15-33-21(2)18-23-8-6-9-25(31)19-23)17-16-32-14-12-24-10-11-26(36)29-30(24)39-20-27(37)34-29/h6,8-11,19,21-22,32-33,36H,4-5,7,12-18,20H2,1-3H3,(H,34,37). The van der Waals surface area contributed by atoms with Gasteiger partial charge in [-0.15, -0.1) is 0 Å². The zero-order chi connectivity index (χ0) is 28.2. The van der Waals surface area contributed by atoms with Gasteiger partial charge in [0.15, 0.2) is 12.4 Å². The molecule has 0 aliphatic carbocycles. The van der Waals surface area contributed by atoms with Gasteiger partial charge in [0.05, 0.1) is 0 Å². The number of unbranched alkanes of at least 4 members (excludes halogenated alkanes) is 1. The number of aromatic hydroxyl groups is 1. The molecule has 1 aliphatic rings. The van der Waals surface area contributed by atoms with Gasteiger partial charge in [0.1, 0.15) is 17.3 Å². The van der Waals surface area contributed by atoms with Crippen molar-refractivity contribution < 1.29 is 23.8 Å². The van der Waals surface area contributed by atoms with E-state index in [9.17, 15) is 19.1 Å². The van der Waals surface area contributed by atoms with Crippen molar-refractivity contribution in [2.45, 2.75) is 71.4 Å². The van der Waals surface area contributed by atoms with Crippen LogP contribution in [0.2, 0.25) is 0 Å². The second kappa shape index (κ2) is 15.4. The summed E-state index contributed by atoms with van der Waals surface area (Å²) in [7, 11) is 0. The van der Waals surface area contributed by atoms with Gasteiger partial charge in [-0.3, -0.25) is 9.59 Å². The number of amides is 2. The number of carbonyl (C=O) groups is 2. The number of carbonyl (C=O) groups excluding carboxylic acids is 2. The number of rotatable bonds is 16. The number of anilines is 1. The number of hydrogen-bond acceptors (Lipinski definition) is 6. The zero-order valence-electron chi connectivity index (χ0n) is 23.4. The number of hydrogen-bond donors (Lipinski definition) is 4. The van der Waals surface area contributed by atoms with E-state index >= 15 is 0 Å². The largest absolute Gasteiger partial charge is 0.506 e. The summed E-state index contributed by atoms with van der Waals surface area (Å²) in [4.78, 5) is 26.7. The molecule has 3 rings (SSSR count). The molecule has 2 aromatic carbocycles. The number of halogens is 1. The van der Waals surface area contributed by atoms with Crippen molar-refractivity contribution >= 4 is 17.5 Å². The summed E-state index contributed by atoms with van der Waals surface area (Å²) in [6.45, 7) is 8.75. The van der Waals surface area contributed by atoms with Gasteiger partial charge in [0.25, 0.3) is 5.91 Å². The molecule has 0 aromatic heterocycles. The third-order valence-corrected chi connectivity index (χ3v) is 7.02. The van der Waals surface area contributed by atoms with Crippen molar-refractivity contribution in [3.63, 3.8) is 0 Å². The number of nitrogens with zero attached hydrogens (tertiary/aromatic N) is 1. The average Bonchev–Trinajstić information content (AvgIpc) is 2.90. The zero-order valence-corrected chi connectivity index (χ0v) is 23.4. The summed E-state index contributed by atoms with van der Waals surface area (Å²) in [5.41, 5.74) is 2.16. The molecule has 0 bridgehead atoms. The molecule has 1 aliphatic heterocycles. The van der Waals surface area contributed by atoms with Crippen LogP contribution in [0, 0.1) is 5.82 Å². The highest BCUT2D eigenvalue weighted by Gasteiger charge is 2.23. The molecule has 2 atom stereocenters. The van der Waals surface area contributed by atoms with Gasteiger partial charge in [-0.25, -0.2) is 4.39 Å². The summed E-state index contributed by atoms with van der Waals surface area (Å²) in [6.07, 6.45) is 4.90. The minimum absolute atomic E-state index is 0.0113. The van der Waals surface area contributed by atoms with Crippen molar-refractivity contribution in [2.24, 2.45) is 0 Å². The molecule has 2 unspecified atom stereocenters. The fraction of sp³-hybridized carbons (Fsp3) is 0.533. The molecule has 9 heteroatoms. The molecule has 2 aromatic rings. The molecule has 1 heterocycles. The van der Waals surface area contributed by atoms with Crippen molar-refractivity contribution in [1.82, 2.24) is 15.5 Å². The molecule has 214 valence electrons. The third kappa shape index (κ3) is 9.51. The van der Waals surface area contributed by atoms with E-state index in [0.29, 0.717) is 56.9 Å². The second-order valence-corrected chi connectivity index (χ2v) is 10.3. The van der Waals surface area contributed by atoms with E-state index in [4.69, 9.17) is 4.74 Å². The molecule has 4 N–H and O–H groups in total. The maximum atomic E-state index is 13.5. The Morgan fingerprint density at radius 3 is 2.79 bits per heavy atom. The Morgan fingerprint density at radius 2 is 2.03 bits per heavy atom. The average molecular weight is 543 g/mol. The molecule has 8 nitrogen and oxygen atoms in total. The van der Waals surface area contributed by atoms with Gasteiger partial charge in [0.2, 0.25) is 5.91 Å². The van der Waals surface area contributed by atoms with Crippen LogP contribution in [0.25, 0.3) is 0 Å². The summed E-state index contributed by atoms with van der Waals surface area (Å²) in [5.74, 6) is 0.113. The van der Waals surface area contributed by atoms with Gasteiger partial charge < -0.3 is 30.7 Å². The normalized spacial score (nSPS) is 14.2. The lowest BCUT2D eigenvalue weighted by Crippen LogP contribution is -2.44. The number of ether oxygens (including phenoxy) is 1. The highest BCUT2D eigenvalue weighted by Crippen LogP contribution is 2.39. The Bertz CT molecular complexity index is 1100. The van der Waals surface area contributed by atoms with Gasteiger partial charge in [-0.1, -0.05) is 38.0 Å².